The van der Waals surface area contributed by atoms with Gasteiger partial charge < -0.3 is 15.4 Å². The molecule has 0 aliphatic carbocycles. The molecule has 170 valence electrons. The number of anilines is 1. The van der Waals surface area contributed by atoms with Crippen molar-refractivity contribution in [1.29, 1.82) is 0 Å². The van der Waals surface area contributed by atoms with E-state index in [-0.39, 0.29) is 16.7 Å². The van der Waals surface area contributed by atoms with Gasteiger partial charge >= 0.3 is 0 Å². The number of carbonyl (C=O) groups excluding carboxylic acids is 2. The number of nitrogens with one attached hydrogen (secondary N) is 2. The van der Waals surface area contributed by atoms with Crippen LogP contribution in [0.15, 0.2) is 47.4 Å². The molecular formula is C23H27N3O5S. The van der Waals surface area contributed by atoms with Gasteiger partial charge in [-0.25, -0.2) is 8.42 Å². The normalized spacial score (nSPS) is 17.2. The third kappa shape index (κ3) is 5.17. The van der Waals surface area contributed by atoms with Crippen molar-refractivity contribution in [3.05, 3.63) is 59.2 Å². The molecule has 0 spiro atoms. The topological polar surface area (TPSA) is 105 Å². The van der Waals surface area contributed by atoms with Crippen LogP contribution in [0.2, 0.25) is 0 Å². The Balaban J connectivity index is 1.32. The van der Waals surface area contributed by atoms with Crippen LogP contribution < -0.4 is 10.6 Å². The second kappa shape index (κ2) is 9.81. The van der Waals surface area contributed by atoms with Crippen molar-refractivity contribution >= 4 is 27.5 Å². The van der Waals surface area contributed by atoms with E-state index in [4.69, 9.17) is 4.74 Å². The summed E-state index contributed by atoms with van der Waals surface area (Å²) in [6.45, 7) is 1.99. The summed E-state index contributed by atoms with van der Waals surface area (Å²) in [5, 5.41) is 5.78. The van der Waals surface area contributed by atoms with Crippen LogP contribution in [0.4, 0.5) is 5.69 Å². The van der Waals surface area contributed by atoms with Gasteiger partial charge in [0.1, 0.15) is 0 Å². The maximum atomic E-state index is 12.7. The first-order valence-corrected chi connectivity index (χ1v) is 12.3. The predicted molar refractivity (Wildman–Crippen MR) is 120 cm³/mol. The van der Waals surface area contributed by atoms with Crippen LogP contribution in [0, 0.1) is 0 Å². The van der Waals surface area contributed by atoms with E-state index in [1.165, 1.54) is 4.31 Å². The highest BCUT2D eigenvalue weighted by Crippen LogP contribution is 2.23. The average molecular weight is 458 g/mol. The lowest BCUT2D eigenvalue weighted by Crippen LogP contribution is -2.40. The zero-order valence-corrected chi connectivity index (χ0v) is 18.6. The Bertz CT molecular complexity index is 1090. The zero-order valence-electron chi connectivity index (χ0n) is 17.8. The fourth-order valence-corrected chi connectivity index (χ4v) is 5.31. The van der Waals surface area contributed by atoms with Crippen LogP contribution in [-0.2, 0) is 32.4 Å². The minimum atomic E-state index is -3.51. The summed E-state index contributed by atoms with van der Waals surface area (Å²) in [6, 6.07) is 12.1. The van der Waals surface area contributed by atoms with Gasteiger partial charge in [0.2, 0.25) is 15.9 Å². The number of ether oxygens (including phenoxy) is 1. The minimum absolute atomic E-state index is 0.00437. The van der Waals surface area contributed by atoms with Crippen LogP contribution in [-0.4, -0.2) is 57.4 Å². The van der Waals surface area contributed by atoms with E-state index in [1.54, 1.807) is 36.4 Å². The first-order valence-electron chi connectivity index (χ1n) is 10.8. The minimum Gasteiger partial charge on any atom is -0.379 e. The zero-order chi connectivity index (χ0) is 22.6. The Labute approximate surface area is 188 Å². The van der Waals surface area contributed by atoms with Crippen molar-refractivity contribution in [3.8, 4) is 0 Å². The number of aryl methyl sites for hydroxylation is 1. The lowest BCUT2D eigenvalue weighted by Gasteiger charge is -2.26. The number of amides is 2. The molecule has 2 aromatic carbocycles. The Morgan fingerprint density at radius 3 is 2.56 bits per heavy atom. The van der Waals surface area contributed by atoms with Crippen LogP contribution in [0.5, 0.6) is 0 Å². The second-order valence-electron chi connectivity index (χ2n) is 7.94. The van der Waals surface area contributed by atoms with Crippen molar-refractivity contribution in [2.24, 2.45) is 0 Å². The quantitative estimate of drug-likeness (QED) is 0.690. The number of morpholine rings is 1. The molecule has 0 bridgehead atoms. The van der Waals surface area contributed by atoms with Crippen molar-refractivity contribution < 1.29 is 22.7 Å². The molecule has 2 heterocycles. The Kier molecular flexibility index (Phi) is 6.88. The molecule has 1 saturated heterocycles. The lowest BCUT2D eigenvalue weighted by molar-refractivity contribution is -0.116. The van der Waals surface area contributed by atoms with Crippen molar-refractivity contribution in [2.75, 3.05) is 38.2 Å². The van der Waals surface area contributed by atoms with Crippen molar-refractivity contribution in [3.63, 3.8) is 0 Å². The maximum Gasteiger partial charge on any atom is 0.251 e. The van der Waals surface area contributed by atoms with E-state index in [0.29, 0.717) is 51.3 Å². The van der Waals surface area contributed by atoms with E-state index in [0.717, 1.165) is 29.7 Å². The third-order valence-electron chi connectivity index (χ3n) is 5.72. The predicted octanol–water partition coefficient (Wildman–Crippen LogP) is 1.95. The molecule has 0 saturated carbocycles. The number of rotatable bonds is 6. The molecule has 0 aromatic heterocycles. The Hall–Kier alpha value is -2.75. The molecule has 0 atom stereocenters. The molecule has 4 rings (SSSR count). The third-order valence-corrected chi connectivity index (χ3v) is 7.63. The number of nitrogens with zero attached hydrogens (tertiary/aromatic N) is 1. The standard InChI is InChI=1S/C23H27N3O5S/c27-22-3-1-2-18-16-19(6-9-21(18)25-22)23(28)24-11-10-17-4-7-20(8-5-17)32(29,30)26-12-14-31-15-13-26/h4-9,16H,1-3,10-15H2,(H,24,28)(H,25,27). The lowest BCUT2D eigenvalue weighted by atomic mass is 10.0. The Morgan fingerprint density at radius 1 is 1.06 bits per heavy atom. The molecule has 8 nitrogen and oxygen atoms in total. The first kappa shape index (κ1) is 22.4. The number of hydrogen-bond acceptors (Lipinski definition) is 5. The average Bonchev–Trinajstić information content (AvgIpc) is 3.00. The fourth-order valence-electron chi connectivity index (χ4n) is 3.90. The monoisotopic (exact) mass is 457 g/mol. The maximum absolute atomic E-state index is 12.7. The van der Waals surface area contributed by atoms with E-state index in [2.05, 4.69) is 10.6 Å². The number of carbonyl (C=O) groups is 2. The van der Waals surface area contributed by atoms with E-state index in [9.17, 15) is 18.0 Å². The van der Waals surface area contributed by atoms with Crippen molar-refractivity contribution in [2.45, 2.75) is 30.6 Å². The SMILES string of the molecule is O=C1CCCc2cc(C(=O)NCCc3ccc(S(=O)(=O)N4CCOCC4)cc3)ccc2N1. The van der Waals surface area contributed by atoms with Gasteiger partial charge in [0.25, 0.3) is 5.91 Å². The largest absolute Gasteiger partial charge is 0.379 e. The number of hydrogen-bond donors (Lipinski definition) is 2. The van der Waals surface area contributed by atoms with Gasteiger partial charge in [-0.3, -0.25) is 9.59 Å². The number of sulfonamides is 1. The highest BCUT2D eigenvalue weighted by atomic mass is 32.2. The molecular weight excluding hydrogens is 430 g/mol. The van der Waals surface area contributed by atoms with Gasteiger partial charge in [0.15, 0.2) is 0 Å². The summed E-state index contributed by atoms with van der Waals surface area (Å²) in [5.41, 5.74) is 3.25. The molecule has 32 heavy (non-hydrogen) atoms. The van der Waals surface area contributed by atoms with Crippen molar-refractivity contribution in [1.82, 2.24) is 9.62 Å². The van der Waals surface area contributed by atoms with E-state index < -0.39 is 10.0 Å². The summed E-state index contributed by atoms with van der Waals surface area (Å²) in [5.74, 6) is -0.167. The molecule has 1 fully saturated rings. The summed E-state index contributed by atoms with van der Waals surface area (Å²) in [7, 11) is -3.51. The van der Waals surface area contributed by atoms with Crippen LogP contribution >= 0.6 is 0 Å². The Morgan fingerprint density at radius 2 is 1.81 bits per heavy atom. The molecule has 9 heteroatoms. The van der Waals surface area contributed by atoms with Gasteiger partial charge in [-0.1, -0.05) is 12.1 Å². The van der Waals surface area contributed by atoms with Gasteiger partial charge in [0, 0.05) is 37.3 Å². The molecule has 2 N–H and O–H groups in total. The van der Waals surface area contributed by atoms with Gasteiger partial charge in [-0.05, 0) is 60.7 Å². The summed E-state index contributed by atoms with van der Waals surface area (Å²) in [4.78, 5) is 24.5. The first-order chi connectivity index (χ1) is 15.4. The molecule has 2 amide bonds. The summed E-state index contributed by atoms with van der Waals surface area (Å²) >= 11 is 0. The highest BCUT2D eigenvalue weighted by molar-refractivity contribution is 7.89. The smallest absolute Gasteiger partial charge is 0.251 e. The second-order valence-corrected chi connectivity index (χ2v) is 9.88. The highest BCUT2D eigenvalue weighted by Gasteiger charge is 2.26. The number of fused-ring (bicyclic) bond motifs is 1. The molecule has 2 aliphatic rings. The van der Waals surface area contributed by atoms with Gasteiger partial charge in [-0.2, -0.15) is 4.31 Å². The van der Waals surface area contributed by atoms with Crippen LogP contribution in [0.25, 0.3) is 0 Å². The molecule has 2 aliphatic heterocycles. The number of benzene rings is 2. The van der Waals surface area contributed by atoms with E-state index >= 15 is 0 Å². The summed E-state index contributed by atoms with van der Waals surface area (Å²) < 4.78 is 32.0. The van der Waals surface area contributed by atoms with Crippen LogP contribution in [0.3, 0.4) is 0 Å². The molecule has 0 radical (unpaired) electrons. The van der Waals surface area contributed by atoms with Crippen LogP contribution in [0.1, 0.15) is 34.3 Å². The molecule has 2 aromatic rings. The van der Waals surface area contributed by atoms with Gasteiger partial charge in [0.05, 0.1) is 18.1 Å². The summed E-state index contributed by atoms with van der Waals surface area (Å²) in [6.07, 6.45) is 2.60. The van der Waals surface area contributed by atoms with Gasteiger partial charge in [-0.15, -0.1) is 0 Å². The fraction of sp³-hybridized carbons (Fsp3) is 0.391. The molecule has 0 unspecified atom stereocenters. The van der Waals surface area contributed by atoms with E-state index in [1.807, 2.05) is 6.07 Å².